The smallest absolute Gasteiger partial charge is 0.268 e. The number of unbranched alkanes of at least 4 members (excludes halogenated alkanes) is 47. The summed E-state index contributed by atoms with van der Waals surface area (Å²) >= 11 is 0. The van der Waals surface area contributed by atoms with E-state index in [1.165, 1.54) is 276 Å². The molecule has 3 unspecified atom stereocenters. The second-order valence-corrected chi connectivity index (χ2v) is 24.9. The van der Waals surface area contributed by atoms with Crippen LogP contribution in [-0.2, 0) is 18.4 Å². The van der Waals surface area contributed by atoms with E-state index in [-0.39, 0.29) is 19.1 Å². The molecule has 0 rings (SSSR count). The number of allylic oxidation sites excluding steroid dienone is 1. The minimum absolute atomic E-state index is 0.00279. The first-order valence-corrected chi connectivity index (χ1v) is 33.5. The van der Waals surface area contributed by atoms with E-state index in [9.17, 15) is 19.4 Å². The third-order valence-electron chi connectivity index (χ3n) is 15.0. The van der Waals surface area contributed by atoms with Crippen LogP contribution in [0.2, 0.25) is 0 Å². The molecule has 0 aliphatic rings. The van der Waals surface area contributed by atoms with Crippen molar-refractivity contribution >= 4 is 13.7 Å². The van der Waals surface area contributed by atoms with E-state index in [2.05, 4.69) is 19.2 Å². The molecule has 0 radical (unpaired) electrons. The highest BCUT2D eigenvalue weighted by atomic mass is 31.2. The molecule has 0 heterocycles. The molecular formula is C63H127N2O6P. The monoisotopic (exact) mass is 1040 g/mol. The Morgan fingerprint density at radius 2 is 0.750 bits per heavy atom. The fraction of sp³-hybridized carbons (Fsp3) is 0.952. The Morgan fingerprint density at radius 1 is 0.472 bits per heavy atom. The predicted molar refractivity (Wildman–Crippen MR) is 312 cm³/mol. The summed E-state index contributed by atoms with van der Waals surface area (Å²) in [6, 6.07) is -0.882. The number of aliphatic hydroxyl groups excluding tert-OH is 1. The lowest BCUT2D eigenvalue weighted by Gasteiger charge is -2.29. The summed E-state index contributed by atoms with van der Waals surface area (Å²) in [4.78, 5) is 25.5. The Labute approximate surface area is 450 Å². The number of quaternary nitrogens is 1. The number of phosphoric acid groups is 1. The first kappa shape index (κ1) is 71.2. The molecule has 0 aromatic heterocycles. The van der Waals surface area contributed by atoms with Crippen LogP contribution in [-0.4, -0.2) is 68.5 Å². The third-order valence-corrected chi connectivity index (χ3v) is 16.0. The lowest BCUT2D eigenvalue weighted by atomic mass is 10.0. The fourth-order valence-corrected chi connectivity index (χ4v) is 10.7. The lowest BCUT2D eigenvalue weighted by molar-refractivity contribution is -0.870. The Kier molecular flexibility index (Phi) is 54.4. The van der Waals surface area contributed by atoms with E-state index >= 15 is 0 Å². The van der Waals surface area contributed by atoms with Crippen LogP contribution >= 0.6 is 7.82 Å². The number of rotatable bonds is 60. The van der Waals surface area contributed by atoms with E-state index in [4.69, 9.17) is 9.05 Å². The van der Waals surface area contributed by atoms with Crippen LogP contribution in [0.4, 0.5) is 0 Å². The number of carbonyl (C=O) groups is 1. The highest BCUT2D eigenvalue weighted by Gasteiger charge is 2.23. The van der Waals surface area contributed by atoms with Gasteiger partial charge < -0.3 is 28.8 Å². The average molecular weight is 1040 g/mol. The van der Waals surface area contributed by atoms with Crippen LogP contribution in [0.3, 0.4) is 0 Å². The Morgan fingerprint density at radius 3 is 1.04 bits per heavy atom. The number of phosphoric ester groups is 1. The molecule has 3 atom stereocenters. The number of nitrogens with zero attached hydrogens (tertiary/aromatic N) is 1. The number of likely N-dealkylation sites (N-methyl/N-ethyl adjacent to an activating group) is 1. The number of amides is 1. The summed E-state index contributed by atoms with van der Waals surface area (Å²) in [7, 11) is 1.28. The van der Waals surface area contributed by atoms with E-state index in [0.29, 0.717) is 17.4 Å². The standard InChI is InChI=1S/C63H127N2O6P/c1-6-8-10-12-14-16-18-20-22-24-26-27-28-29-30-31-32-33-34-35-36-37-38-39-40-42-44-46-48-50-52-54-56-62(66)61(60-71-72(68,69)70-59-58-65(3,4)5)64-63(67)57-55-53-51-49-47-45-43-41-25-23-21-19-17-15-13-11-9-7-2/h54,56,61-62,66H,6-53,55,57-60H2,1-5H3,(H-,64,67,68,69)/b56-54+. The molecule has 0 aromatic carbocycles. The van der Waals surface area contributed by atoms with Gasteiger partial charge in [0.2, 0.25) is 5.91 Å². The number of carbonyl (C=O) groups excluding carboxylic acids is 1. The molecule has 9 heteroatoms. The average Bonchev–Trinajstić information content (AvgIpc) is 3.34. The maximum Gasteiger partial charge on any atom is 0.268 e. The number of nitrogens with one attached hydrogen (secondary N) is 1. The fourth-order valence-electron chi connectivity index (χ4n) is 9.98. The lowest BCUT2D eigenvalue weighted by Crippen LogP contribution is -2.45. The summed E-state index contributed by atoms with van der Waals surface area (Å²) in [5.74, 6) is -0.190. The first-order valence-electron chi connectivity index (χ1n) is 32.1. The second-order valence-electron chi connectivity index (χ2n) is 23.5. The van der Waals surface area contributed by atoms with Crippen molar-refractivity contribution in [3.8, 4) is 0 Å². The third kappa shape index (κ3) is 57.0. The number of hydrogen-bond donors (Lipinski definition) is 2. The Hall–Kier alpha value is -0.760. The SMILES string of the molecule is CCCCCCCCCCCCCCCCCCCCCCCCCCCCCCCC/C=C/C(O)C(COP(=O)([O-])OCC[N+](C)(C)C)NC(=O)CCCCCCCCCCCCCCCCCCCC. The van der Waals surface area contributed by atoms with Crippen molar-refractivity contribution in [2.24, 2.45) is 0 Å². The molecular weight excluding hydrogens is 912 g/mol. The molecule has 0 aromatic rings. The summed E-state index contributed by atoms with van der Waals surface area (Å²) in [6.07, 6.45) is 68.9. The molecule has 2 N–H and O–H groups in total. The van der Waals surface area contributed by atoms with Gasteiger partial charge in [-0.2, -0.15) is 0 Å². The molecule has 0 bridgehead atoms. The number of hydrogen-bond acceptors (Lipinski definition) is 6. The van der Waals surface area contributed by atoms with Crippen molar-refractivity contribution in [3.05, 3.63) is 12.2 Å². The Bertz CT molecular complexity index is 1180. The van der Waals surface area contributed by atoms with Gasteiger partial charge in [0, 0.05) is 6.42 Å². The van der Waals surface area contributed by atoms with E-state index < -0.39 is 20.0 Å². The minimum Gasteiger partial charge on any atom is -0.756 e. The topological polar surface area (TPSA) is 108 Å². The molecule has 72 heavy (non-hydrogen) atoms. The van der Waals surface area contributed by atoms with E-state index in [1.54, 1.807) is 6.08 Å². The molecule has 0 aliphatic carbocycles. The van der Waals surface area contributed by atoms with Gasteiger partial charge in [-0.15, -0.1) is 0 Å². The van der Waals surface area contributed by atoms with Gasteiger partial charge >= 0.3 is 0 Å². The number of aliphatic hydroxyl groups is 1. The highest BCUT2D eigenvalue weighted by Crippen LogP contribution is 2.38. The second kappa shape index (κ2) is 55.0. The van der Waals surface area contributed by atoms with Gasteiger partial charge in [0.1, 0.15) is 13.2 Å². The molecule has 8 nitrogen and oxygen atoms in total. The molecule has 0 spiro atoms. The molecule has 0 fully saturated rings. The molecule has 0 saturated heterocycles. The maximum atomic E-state index is 13.0. The maximum absolute atomic E-state index is 13.0. The van der Waals surface area contributed by atoms with Gasteiger partial charge in [-0.05, 0) is 19.3 Å². The van der Waals surface area contributed by atoms with Crippen LogP contribution in [0.5, 0.6) is 0 Å². The van der Waals surface area contributed by atoms with Gasteiger partial charge in [0.15, 0.2) is 0 Å². The first-order chi connectivity index (χ1) is 35.0. The summed E-state index contributed by atoms with van der Waals surface area (Å²) < 4.78 is 23.4. The van der Waals surface area contributed by atoms with E-state index in [0.717, 1.165) is 38.5 Å². The van der Waals surface area contributed by atoms with Gasteiger partial charge in [-0.1, -0.05) is 321 Å². The van der Waals surface area contributed by atoms with E-state index in [1.807, 2.05) is 27.2 Å². The largest absolute Gasteiger partial charge is 0.756 e. The normalized spacial score (nSPS) is 13.8. The van der Waals surface area contributed by atoms with Crippen molar-refractivity contribution < 1.29 is 32.9 Å². The minimum atomic E-state index is -4.59. The predicted octanol–water partition coefficient (Wildman–Crippen LogP) is 19.1. The summed E-state index contributed by atoms with van der Waals surface area (Å²) in [5.41, 5.74) is 0. The zero-order valence-electron chi connectivity index (χ0n) is 49.2. The quantitative estimate of drug-likeness (QED) is 0.0272. The molecule has 0 aliphatic heterocycles. The van der Waals surface area contributed by atoms with Crippen LogP contribution in [0.15, 0.2) is 12.2 Å². The zero-order chi connectivity index (χ0) is 52.7. The van der Waals surface area contributed by atoms with Crippen LogP contribution in [0.25, 0.3) is 0 Å². The molecule has 430 valence electrons. The van der Waals surface area contributed by atoms with Crippen molar-refractivity contribution in [1.29, 1.82) is 0 Å². The highest BCUT2D eigenvalue weighted by molar-refractivity contribution is 7.45. The van der Waals surface area contributed by atoms with Gasteiger partial charge in [0.05, 0.1) is 39.9 Å². The van der Waals surface area contributed by atoms with Gasteiger partial charge in [-0.25, -0.2) is 0 Å². The van der Waals surface area contributed by atoms with Crippen LogP contribution in [0, 0.1) is 0 Å². The zero-order valence-corrected chi connectivity index (χ0v) is 50.1. The summed E-state index contributed by atoms with van der Waals surface area (Å²) in [6.45, 7) is 4.71. The van der Waals surface area contributed by atoms with Crippen molar-refractivity contribution in [3.63, 3.8) is 0 Å². The summed E-state index contributed by atoms with van der Waals surface area (Å²) in [5, 5.41) is 13.9. The molecule has 0 saturated carbocycles. The van der Waals surface area contributed by atoms with Crippen molar-refractivity contribution in [2.75, 3.05) is 40.9 Å². The van der Waals surface area contributed by atoms with Crippen LogP contribution in [0.1, 0.15) is 335 Å². The van der Waals surface area contributed by atoms with Crippen LogP contribution < -0.4 is 10.2 Å². The molecule has 1 amide bonds. The van der Waals surface area contributed by atoms with Crippen molar-refractivity contribution in [2.45, 2.75) is 347 Å². The van der Waals surface area contributed by atoms with Gasteiger partial charge in [0.25, 0.3) is 7.82 Å². The van der Waals surface area contributed by atoms with Crippen molar-refractivity contribution in [1.82, 2.24) is 5.32 Å². The Balaban J connectivity index is 4.04. The van der Waals surface area contributed by atoms with Gasteiger partial charge in [-0.3, -0.25) is 9.36 Å².